The summed E-state index contributed by atoms with van der Waals surface area (Å²) < 4.78 is 7.36. The van der Waals surface area contributed by atoms with Gasteiger partial charge in [0.1, 0.15) is 11.4 Å². The molecule has 0 saturated carbocycles. The van der Waals surface area contributed by atoms with Gasteiger partial charge in [0.2, 0.25) is 5.91 Å². The fourth-order valence-electron chi connectivity index (χ4n) is 5.09. The van der Waals surface area contributed by atoms with E-state index in [4.69, 9.17) is 4.74 Å². The summed E-state index contributed by atoms with van der Waals surface area (Å²) in [5.41, 5.74) is 2.49. The number of aryl methyl sites for hydroxylation is 1. The molecule has 0 bridgehead atoms. The van der Waals surface area contributed by atoms with Crippen LogP contribution in [0.3, 0.4) is 0 Å². The van der Waals surface area contributed by atoms with Crippen LogP contribution in [0.25, 0.3) is 6.08 Å². The Bertz CT molecular complexity index is 1100. The van der Waals surface area contributed by atoms with Crippen LogP contribution in [0.2, 0.25) is 0 Å². The van der Waals surface area contributed by atoms with E-state index in [0.29, 0.717) is 12.3 Å². The minimum absolute atomic E-state index is 0.0293. The van der Waals surface area contributed by atoms with Crippen LogP contribution in [0.15, 0.2) is 36.4 Å². The third kappa shape index (κ3) is 5.44. The Morgan fingerprint density at radius 1 is 1.09 bits per heavy atom. The Balaban J connectivity index is 1.35. The van der Waals surface area contributed by atoms with Crippen molar-refractivity contribution in [3.63, 3.8) is 0 Å². The van der Waals surface area contributed by atoms with E-state index in [2.05, 4.69) is 25.9 Å². The lowest BCUT2D eigenvalue weighted by Crippen LogP contribution is -2.44. The van der Waals surface area contributed by atoms with E-state index in [1.165, 1.54) is 0 Å². The topological polar surface area (TPSA) is 67.7 Å². The Morgan fingerprint density at radius 2 is 1.74 bits per heavy atom. The highest BCUT2D eigenvalue weighted by Gasteiger charge is 2.43. The van der Waals surface area contributed by atoms with Gasteiger partial charge >= 0.3 is 0 Å². The van der Waals surface area contributed by atoms with Crippen molar-refractivity contribution in [3.05, 3.63) is 53.4 Å². The zero-order valence-corrected chi connectivity index (χ0v) is 21.7. The number of hydrogen-bond acceptors (Lipinski definition) is 4. The molecule has 7 nitrogen and oxygen atoms in total. The van der Waals surface area contributed by atoms with Crippen LogP contribution >= 0.6 is 0 Å². The van der Waals surface area contributed by atoms with E-state index in [1.807, 2.05) is 60.2 Å². The molecule has 2 aliphatic rings. The highest BCUT2D eigenvalue weighted by Crippen LogP contribution is 2.41. The zero-order chi connectivity index (χ0) is 25.2. The Labute approximate surface area is 208 Å². The lowest BCUT2D eigenvalue weighted by Gasteiger charge is -2.38. The second-order valence-electron chi connectivity index (χ2n) is 10.9. The normalized spacial score (nSPS) is 18.0. The smallest absolute Gasteiger partial charge is 0.272 e. The third-order valence-corrected chi connectivity index (χ3v) is 7.35. The summed E-state index contributed by atoms with van der Waals surface area (Å²) >= 11 is 0. The molecule has 2 aromatic rings. The van der Waals surface area contributed by atoms with E-state index in [9.17, 15) is 9.59 Å². The van der Waals surface area contributed by atoms with Crippen LogP contribution in [-0.2, 0) is 17.3 Å². The van der Waals surface area contributed by atoms with E-state index in [0.717, 1.165) is 62.4 Å². The van der Waals surface area contributed by atoms with Crippen molar-refractivity contribution in [3.8, 4) is 5.75 Å². The number of amides is 2. The quantitative estimate of drug-likeness (QED) is 0.602. The minimum atomic E-state index is -0.0958. The summed E-state index contributed by atoms with van der Waals surface area (Å²) in [6.45, 7) is 11.8. The lowest BCUT2D eigenvalue weighted by atomic mass is 9.78. The SMILES string of the molecule is CCOc1ccccc1C=CC(=O)N1CCC2(CC1)CCN(C(=O)c1cc(C(C)(C)C)nn1C)C2. The lowest BCUT2D eigenvalue weighted by molar-refractivity contribution is -0.128. The maximum Gasteiger partial charge on any atom is 0.272 e. The third-order valence-electron chi connectivity index (χ3n) is 7.35. The van der Waals surface area contributed by atoms with Gasteiger partial charge in [-0.2, -0.15) is 5.10 Å². The van der Waals surface area contributed by atoms with Crippen molar-refractivity contribution >= 4 is 17.9 Å². The number of carbonyl (C=O) groups is 2. The largest absolute Gasteiger partial charge is 0.493 e. The standard InChI is InChI=1S/C28H38N4O3/c1-6-35-23-10-8-7-9-21(23)11-12-25(33)31-16-13-28(14-17-31)15-18-32(20-28)26(34)22-19-24(27(2,3)4)29-30(22)5/h7-12,19H,6,13-18,20H2,1-5H3. The highest BCUT2D eigenvalue weighted by molar-refractivity contribution is 5.93. The summed E-state index contributed by atoms with van der Waals surface area (Å²) in [6.07, 6.45) is 6.32. The molecule has 0 unspecified atom stereocenters. The summed E-state index contributed by atoms with van der Waals surface area (Å²) in [5.74, 6) is 0.874. The van der Waals surface area contributed by atoms with E-state index in [1.54, 1.807) is 10.8 Å². The van der Waals surface area contributed by atoms with Gasteiger partial charge in [-0.15, -0.1) is 0 Å². The minimum Gasteiger partial charge on any atom is -0.493 e. The van der Waals surface area contributed by atoms with Crippen LogP contribution in [-0.4, -0.2) is 64.2 Å². The maximum absolute atomic E-state index is 13.3. The number of likely N-dealkylation sites (tertiary alicyclic amines) is 2. The fourth-order valence-corrected chi connectivity index (χ4v) is 5.09. The van der Waals surface area contributed by atoms with Gasteiger partial charge in [-0.3, -0.25) is 14.3 Å². The summed E-state index contributed by atoms with van der Waals surface area (Å²) in [7, 11) is 1.85. The van der Waals surface area contributed by atoms with Gasteiger partial charge in [0.05, 0.1) is 12.3 Å². The predicted octanol–water partition coefficient (Wildman–Crippen LogP) is 4.28. The molecule has 0 N–H and O–H groups in total. The molecule has 1 spiro atoms. The van der Waals surface area contributed by atoms with Gasteiger partial charge in [0.15, 0.2) is 0 Å². The number of carbonyl (C=O) groups excluding carboxylic acids is 2. The second kappa shape index (κ2) is 9.88. The number of piperidine rings is 1. The van der Waals surface area contributed by atoms with Gasteiger partial charge in [-0.25, -0.2) is 0 Å². The Morgan fingerprint density at radius 3 is 2.37 bits per heavy atom. The monoisotopic (exact) mass is 478 g/mol. The Hall–Kier alpha value is -3.09. The van der Waals surface area contributed by atoms with Crippen LogP contribution in [0.1, 0.15) is 68.7 Å². The molecule has 2 fully saturated rings. The second-order valence-corrected chi connectivity index (χ2v) is 10.9. The van der Waals surface area contributed by atoms with Gasteiger partial charge in [-0.1, -0.05) is 39.0 Å². The molecule has 4 rings (SSSR count). The number of hydrogen-bond donors (Lipinski definition) is 0. The van der Waals surface area contributed by atoms with Crippen molar-refractivity contribution in [1.82, 2.24) is 19.6 Å². The molecule has 1 aromatic carbocycles. The van der Waals surface area contributed by atoms with Gasteiger partial charge in [0.25, 0.3) is 5.91 Å². The molecule has 3 heterocycles. The summed E-state index contributed by atoms with van der Waals surface area (Å²) in [6, 6.07) is 9.68. The first-order valence-electron chi connectivity index (χ1n) is 12.6. The first-order valence-corrected chi connectivity index (χ1v) is 12.6. The van der Waals surface area contributed by atoms with Gasteiger partial charge < -0.3 is 14.5 Å². The molecule has 0 aliphatic carbocycles. The van der Waals surface area contributed by atoms with Crippen molar-refractivity contribution in [2.45, 2.75) is 52.4 Å². The van der Waals surface area contributed by atoms with Crippen molar-refractivity contribution in [1.29, 1.82) is 0 Å². The molecular formula is C28H38N4O3. The number of aromatic nitrogens is 2. The number of ether oxygens (including phenoxy) is 1. The fraction of sp³-hybridized carbons (Fsp3) is 0.536. The number of benzene rings is 1. The van der Waals surface area contributed by atoms with Crippen molar-refractivity contribution < 1.29 is 14.3 Å². The van der Waals surface area contributed by atoms with Crippen molar-refractivity contribution in [2.24, 2.45) is 12.5 Å². The molecule has 2 aliphatic heterocycles. The molecular weight excluding hydrogens is 440 g/mol. The van der Waals surface area contributed by atoms with E-state index in [-0.39, 0.29) is 22.6 Å². The summed E-state index contributed by atoms with van der Waals surface area (Å²) in [5, 5.41) is 4.57. The molecule has 0 radical (unpaired) electrons. The Kier molecular flexibility index (Phi) is 7.06. The highest BCUT2D eigenvalue weighted by atomic mass is 16.5. The van der Waals surface area contributed by atoms with E-state index < -0.39 is 0 Å². The predicted molar refractivity (Wildman–Crippen MR) is 137 cm³/mol. The summed E-state index contributed by atoms with van der Waals surface area (Å²) in [4.78, 5) is 30.0. The molecule has 0 atom stereocenters. The first-order chi connectivity index (χ1) is 16.6. The van der Waals surface area contributed by atoms with Crippen LogP contribution < -0.4 is 4.74 Å². The zero-order valence-electron chi connectivity index (χ0n) is 21.7. The average molecular weight is 479 g/mol. The number of para-hydroxylation sites is 1. The molecule has 2 saturated heterocycles. The molecule has 188 valence electrons. The van der Waals surface area contributed by atoms with E-state index >= 15 is 0 Å². The first kappa shape index (κ1) is 25.0. The average Bonchev–Trinajstić information content (AvgIpc) is 3.42. The number of nitrogens with zero attached hydrogens (tertiary/aromatic N) is 4. The maximum atomic E-state index is 13.3. The molecule has 2 amide bonds. The van der Waals surface area contributed by atoms with Crippen LogP contribution in [0.5, 0.6) is 5.75 Å². The molecule has 1 aromatic heterocycles. The number of rotatable bonds is 5. The van der Waals surface area contributed by atoms with Gasteiger partial charge in [-0.05, 0) is 49.8 Å². The van der Waals surface area contributed by atoms with Crippen molar-refractivity contribution in [2.75, 3.05) is 32.8 Å². The molecule has 35 heavy (non-hydrogen) atoms. The van der Waals surface area contributed by atoms with Gasteiger partial charge in [0, 0.05) is 50.3 Å². The van der Waals surface area contributed by atoms with Crippen LogP contribution in [0, 0.1) is 5.41 Å². The molecule has 7 heteroatoms. The van der Waals surface area contributed by atoms with Crippen LogP contribution in [0.4, 0.5) is 0 Å².